The molecule has 0 N–H and O–H groups in total. The van der Waals surface area contributed by atoms with E-state index in [-0.39, 0.29) is 5.41 Å². The van der Waals surface area contributed by atoms with E-state index in [9.17, 15) is 0 Å². The van der Waals surface area contributed by atoms with Gasteiger partial charge in [0.1, 0.15) is 0 Å². The van der Waals surface area contributed by atoms with Gasteiger partial charge in [-0.15, -0.1) is 0 Å². The zero-order valence-corrected chi connectivity index (χ0v) is 25.0. The van der Waals surface area contributed by atoms with Crippen molar-refractivity contribution in [3.63, 3.8) is 0 Å². The van der Waals surface area contributed by atoms with Crippen LogP contribution in [0.4, 0.5) is 17.1 Å². The second-order valence-corrected chi connectivity index (χ2v) is 12.2. The average molecular weight is 564 g/mol. The number of para-hydroxylation sites is 1. The fraction of sp³-hybridized carbons (Fsp3) is 0.0698. The van der Waals surface area contributed by atoms with Gasteiger partial charge in [-0.25, -0.2) is 0 Å². The van der Waals surface area contributed by atoms with E-state index in [0.717, 1.165) is 17.1 Å². The molecule has 0 amide bonds. The molecule has 0 aliphatic heterocycles. The predicted octanol–water partition coefficient (Wildman–Crippen LogP) is 11.9. The van der Waals surface area contributed by atoms with Crippen LogP contribution in [0.5, 0.6) is 0 Å². The van der Waals surface area contributed by atoms with E-state index in [1.165, 1.54) is 55.3 Å². The van der Waals surface area contributed by atoms with Crippen molar-refractivity contribution in [1.29, 1.82) is 0 Å². The second kappa shape index (κ2) is 10.4. The Hall–Kier alpha value is -5.40. The first-order valence-electron chi connectivity index (χ1n) is 15.4. The molecule has 0 unspecified atom stereocenters. The Labute approximate surface area is 259 Å². The van der Waals surface area contributed by atoms with Crippen LogP contribution >= 0.6 is 0 Å². The molecule has 1 nitrogen and oxygen atoms in total. The number of hydrogen-bond donors (Lipinski definition) is 0. The first kappa shape index (κ1) is 26.2. The predicted molar refractivity (Wildman–Crippen MR) is 187 cm³/mol. The maximum Gasteiger partial charge on any atom is 0.0468 e. The van der Waals surface area contributed by atoms with E-state index >= 15 is 0 Å². The molecule has 0 aromatic heterocycles. The fourth-order valence-electron chi connectivity index (χ4n) is 7.17. The number of hydrogen-bond acceptors (Lipinski definition) is 1. The molecule has 1 heteroatoms. The van der Waals surface area contributed by atoms with Crippen molar-refractivity contribution < 1.29 is 0 Å². The maximum atomic E-state index is 2.36. The van der Waals surface area contributed by atoms with Crippen molar-refractivity contribution in [3.8, 4) is 33.4 Å². The van der Waals surface area contributed by atoms with E-state index < -0.39 is 0 Å². The molecule has 0 radical (unpaired) electrons. The summed E-state index contributed by atoms with van der Waals surface area (Å²) in [6, 6.07) is 59.4. The Morgan fingerprint density at radius 1 is 0.409 bits per heavy atom. The molecule has 210 valence electrons. The Balaban J connectivity index is 1.22. The number of benzene rings is 7. The van der Waals surface area contributed by atoms with Crippen LogP contribution in [0.3, 0.4) is 0 Å². The van der Waals surface area contributed by atoms with Gasteiger partial charge in [0.2, 0.25) is 0 Å². The molecule has 7 aromatic carbocycles. The Morgan fingerprint density at radius 2 is 0.955 bits per heavy atom. The van der Waals surface area contributed by atoms with Crippen molar-refractivity contribution in [2.45, 2.75) is 19.3 Å². The lowest BCUT2D eigenvalue weighted by Crippen LogP contribution is -2.15. The second-order valence-electron chi connectivity index (χ2n) is 12.2. The van der Waals surface area contributed by atoms with Crippen molar-refractivity contribution in [2.24, 2.45) is 0 Å². The van der Waals surface area contributed by atoms with Gasteiger partial charge in [0.15, 0.2) is 0 Å². The normalized spacial score (nSPS) is 13.0. The molecule has 0 atom stereocenters. The minimum Gasteiger partial charge on any atom is -0.310 e. The largest absolute Gasteiger partial charge is 0.310 e. The van der Waals surface area contributed by atoms with Gasteiger partial charge in [-0.05, 0) is 91.7 Å². The number of rotatable bonds is 5. The first-order valence-corrected chi connectivity index (χ1v) is 15.4. The van der Waals surface area contributed by atoms with Crippen LogP contribution in [0.25, 0.3) is 44.2 Å². The highest BCUT2D eigenvalue weighted by molar-refractivity contribution is 5.99. The quantitative estimate of drug-likeness (QED) is 0.201. The van der Waals surface area contributed by atoms with Crippen molar-refractivity contribution in [3.05, 3.63) is 175 Å². The summed E-state index contributed by atoms with van der Waals surface area (Å²) < 4.78 is 0. The summed E-state index contributed by atoms with van der Waals surface area (Å²) >= 11 is 0. The molecule has 1 aliphatic rings. The molecule has 8 rings (SSSR count). The van der Waals surface area contributed by atoms with Crippen LogP contribution < -0.4 is 4.90 Å². The van der Waals surface area contributed by atoms with Gasteiger partial charge >= 0.3 is 0 Å². The van der Waals surface area contributed by atoms with Crippen LogP contribution in [0.1, 0.15) is 25.0 Å². The molecular formula is C43H33N. The third kappa shape index (κ3) is 4.24. The zero-order valence-electron chi connectivity index (χ0n) is 25.0. The molecule has 44 heavy (non-hydrogen) atoms. The molecule has 0 bridgehead atoms. The monoisotopic (exact) mass is 563 g/mol. The van der Waals surface area contributed by atoms with Gasteiger partial charge in [-0.3, -0.25) is 0 Å². The summed E-state index contributed by atoms with van der Waals surface area (Å²) in [5, 5.41) is 2.59. The van der Waals surface area contributed by atoms with Crippen LogP contribution in [-0.4, -0.2) is 0 Å². The van der Waals surface area contributed by atoms with E-state index in [0.29, 0.717) is 0 Å². The molecule has 0 heterocycles. The number of nitrogens with zero attached hydrogens (tertiary/aromatic N) is 1. The highest BCUT2D eigenvalue weighted by Crippen LogP contribution is 2.51. The molecule has 7 aromatic rings. The minimum absolute atomic E-state index is 0.0437. The molecule has 0 saturated carbocycles. The zero-order chi connectivity index (χ0) is 29.7. The Bertz CT molecular complexity index is 2120. The van der Waals surface area contributed by atoms with Crippen molar-refractivity contribution >= 4 is 27.8 Å². The Kier molecular flexibility index (Phi) is 6.20. The lowest BCUT2D eigenvalue weighted by Gasteiger charge is -2.27. The van der Waals surface area contributed by atoms with Crippen molar-refractivity contribution in [1.82, 2.24) is 0 Å². The summed E-state index contributed by atoms with van der Waals surface area (Å²) in [6.07, 6.45) is 0. The van der Waals surface area contributed by atoms with Gasteiger partial charge < -0.3 is 4.90 Å². The smallest absolute Gasteiger partial charge is 0.0468 e. The van der Waals surface area contributed by atoms with Crippen LogP contribution in [0.15, 0.2) is 164 Å². The topological polar surface area (TPSA) is 3.24 Å². The Morgan fingerprint density at radius 3 is 1.66 bits per heavy atom. The molecule has 1 aliphatic carbocycles. The van der Waals surface area contributed by atoms with Gasteiger partial charge in [0.25, 0.3) is 0 Å². The van der Waals surface area contributed by atoms with E-state index in [2.05, 4.69) is 183 Å². The van der Waals surface area contributed by atoms with E-state index in [4.69, 9.17) is 0 Å². The molecule has 0 saturated heterocycles. The lowest BCUT2D eigenvalue weighted by molar-refractivity contribution is 0.666. The summed E-state index contributed by atoms with van der Waals surface area (Å²) in [7, 11) is 0. The number of anilines is 3. The van der Waals surface area contributed by atoms with Crippen LogP contribution in [0, 0.1) is 0 Å². The van der Waals surface area contributed by atoms with Gasteiger partial charge in [0, 0.05) is 22.5 Å². The summed E-state index contributed by atoms with van der Waals surface area (Å²) in [5.41, 5.74) is 13.8. The SMILES string of the molecule is CC1(C)c2ccccc2-c2ccc3cc(N(c4ccccc4)c4ccc(-c5ccccc5-c5ccccc5)cc4)ccc3c21. The third-order valence-corrected chi connectivity index (χ3v) is 9.24. The van der Waals surface area contributed by atoms with Crippen molar-refractivity contribution in [2.75, 3.05) is 4.90 Å². The minimum atomic E-state index is -0.0437. The fourth-order valence-corrected chi connectivity index (χ4v) is 7.17. The average Bonchev–Trinajstić information content (AvgIpc) is 3.32. The summed E-state index contributed by atoms with van der Waals surface area (Å²) in [5.74, 6) is 0. The molecule has 0 fully saturated rings. The summed E-state index contributed by atoms with van der Waals surface area (Å²) in [6.45, 7) is 4.72. The standard InChI is InChI=1S/C43H33N/c1-43(2)41-20-12-11-19-39(41)40-27-23-32-29-35(26-28-38(32)42(40)43)44(33-15-7-4-8-16-33)34-24-21-31(22-25-34)37-18-10-9-17-36(37)30-13-5-3-6-14-30/h3-29H,1-2H3. The van der Waals surface area contributed by atoms with Crippen LogP contribution in [0.2, 0.25) is 0 Å². The van der Waals surface area contributed by atoms with Gasteiger partial charge in [-0.2, -0.15) is 0 Å². The van der Waals surface area contributed by atoms with Gasteiger partial charge in [0.05, 0.1) is 0 Å². The van der Waals surface area contributed by atoms with Crippen LogP contribution in [-0.2, 0) is 5.41 Å². The lowest BCUT2D eigenvalue weighted by atomic mass is 9.80. The maximum absolute atomic E-state index is 2.36. The third-order valence-electron chi connectivity index (χ3n) is 9.24. The highest BCUT2D eigenvalue weighted by atomic mass is 15.1. The molecular weight excluding hydrogens is 530 g/mol. The summed E-state index contributed by atoms with van der Waals surface area (Å²) in [4.78, 5) is 2.36. The highest BCUT2D eigenvalue weighted by Gasteiger charge is 2.36. The first-order chi connectivity index (χ1) is 21.6. The molecule has 0 spiro atoms. The van der Waals surface area contributed by atoms with E-state index in [1.807, 2.05) is 0 Å². The van der Waals surface area contributed by atoms with Gasteiger partial charge in [-0.1, -0.05) is 141 Å². The number of fused-ring (bicyclic) bond motifs is 5. The van der Waals surface area contributed by atoms with E-state index in [1.54, 1.807) is 0 Å².